The summed E-state index contributed by atoms with van der Waals surface area (Å²) in [6.07, 6.45) is 0. The van der Waals surface area contributed by atoms with Crippen LogP contribution in [0.15, 0.2) is 29.2 Å². The minimum absolute atomic E-state index is 0.101. The van der Waals surface area contributed by atoms with E-state index in [0.29, 0.717) is 0 Å². The van der Waals surface area contributed by atoms with Crippen molar-refractivity contribution in [3.8, 4) is 0 Å². The first-order valence-electron chi connectivity index (χ1n) is 3.70. The van der Waals surface area contributed by atoms with E-state index in [1.54, 1.807) is 24.3 Å². The number of thioether (sulfide) groups is 1. The van der Waals surface area contributed by atoms with Crippen LogP contribution >= 0.6 is 11.8 Å². The minimum Gasteiger partial charge on any atom is -0.326 e. The van der Waals surface area contributed by atoms with Gasteiger partial charge < -0.3 is 5.32 Å². The molecule has 0 fully saturated rings. The molecule has 0 saturated heterocycles. The van der Waals surface area contributed by atoms with Crippen molar-refractivity contribution in [3.05, 3.63) is 24.3 Å². The second kappa shape index (κ2) is 4.67. The first-order chi connectivity index (χ1) is 6.22. The number of amides is 1. The lowest BCUT2D eigenvalue weighted by Gasteiger charge is -2.01. The normalized spacial score (nSPS) is 9.31. The Morgan fingerprint density at radius 2 is 2.00 bits per heavy atom. The van der Waals surface area contributed by atoms with Crippen LogP contribution in [-0.4, -0.2) is 11.5 Å². The summed E-state index contributed by atoms with van der Waals surface area (Å²) < 4.78 is 0. The number of rotatable bonds is 3. The van der Waals surface area contributed by atoms with E-state index in [2.05, 4.69) is 5.32 Å². The van der Waals surface area contributed by atoms with Crippen molar-refractivity contribution >= 4 is 29.0 Å². The monoisotopic (exact) mass is 195 g/mol. The number of carbonyl (C=O) groups excluding carboxylic acids is 2. The predicted molar refractivity (Wildman–Crippen MR) is 53.4 cm³/mol. The summed E-state index contributed by atoms with van der Waals surface area (Å²) in [6, 6.07) is 7.08. The second-order valence-corrected chi connectivity index (χ2v) is 3.32. The first kappa shape index (κ1) is 9.80. The highest BCUT2D eigenvalue weighted by Crippen LogP contribution is 2.17. The quantitative estimate of drug-likeness (QED) is 0.592. The molecule has 0 spiro atoms. The SMILES string of the molecule is CC(=O)Nc1ccc(SC=O)cc1. The molecule has 0 aliphatic heterocycles. The van der Waals surface area contributed by atoms with E-state index in [4.69, 9.17) is 0 Å². The number of carbonyl (C=O) groups is 2. The summed E-state index contributed by atoms with van der Waals surface area (Å²) in [6.45, 7) is 1.45. The van der Waals surface area contributed by atoms with Crippen LogP contribution < -0.4 is 5.32 Å². The number of anilines is 1. The van der Waals surface area contributed by atoms with Crippen molar-refractivity contribution in [2.45, 2.75) is 11.8 Å². The molecule has 0 aromatic heterocycles. The average molecular weight is 195 g/mol. The zero-order valence-corrected chi connectivity index (χ0v) is 7.93. The first-order valence-corrected chi connectivity index (χ1v) is 4.58. The molecule has 4 heteroatoms. The van der Waals surface area contributed by atoms with Gasteiger partial charge in [-0.15, -0.1) is 0 Å². The van der Waals surface area contributed by atoms with Gasteiger partial charge in [0, 0.05) is 17.5 Å². The molecule has 1 rings (SSSR count). The molecule has 1 aromatic carbocycles. The fraction of sp³-hybridized carbons (Fsp3) is 0.111. The smallest absolute Gasteiger partial charge is 0.221 e. The molecule has 68 valence electrons. The van der Waals surface area contributed by atoms with Crippen LogP contribution in [0.5, 0.6) is 0 Å². The summed E-state index contributed by atoms with van der Waals surface area (Å²) in [5.74, 6) is -0.101. The Hall–Kier alpha value is -1.29. The van der Waals surface area contributed by atoms with Crippen molar-refractivity contribution in [1.82, 2.24) is 0 Å². The van der Waals surface area contributed by atoms with E-state index < -0.39 is 0 Å². The number of nitrogens with one attached hydrogen (secondary N) is 1. The van der Waals surface area contributed by atoms with Gasteiger partial charge in [0.05, 0.1) is 0 Å². The minimum atomic E-state index is -0.101. The molecule has 0 unspecified atom stereocenters. The van der Waals surface area contributed by atoms with Crippen LogP contribution in [0.25, 0.3) is 0 Å². The molecule has 1 N–H and O–H groups in total. The highest BCUT2D eigenvalue weighted by molar-refractivity contribution is 8.11. The van der Waals surface area contributed by atoms with Gasteiger partial charge in [-0.1, -0.05) is 11.8 Å². The fourth-order valence-electron chi connectivity index (χ4n) is 0.876. The van der Waals surface area contributed by atoms with E-state index in [1.807, 2.05) is 0 Å². The Balaban J connectivity index is 2.69. The maximum atomic E-state index is 10.7. The lowest BCUT2D eigenvalue weighted by molar-refractivity contribution is -0.114. The third-order valence-corrected chi connectivity index (χ3v) is 2.00. The van der Waals surface area contributed by atoms with E-state index in [-0.39, 0.29) is 5.91 Å². The summed E-state index contributed by atoms with van der Waals surface area (Å²) in [4.78, 5) is 21.6. The molecule has 0 radical (unpaired) electrons. The van der Waals surface area contributed by atoms with E-state index >= 15 is 0 Å². The van der Waals surface area contributed by atoms with Gasteiger partial charge in [0.15, 0.2) is 5.62 Å². The predicted octanol–water partition coefficient (Wildman–Crippen LogP) is 1.93. The van der Waals surface area contributed by atoms with Crippen LogP contribution in [0.2, 0.25) is 0 Å². The highest BCUT2D eigenvalue weighted by atomic mass is 32.2. The third-order valence-electron chi connectivity index (χ3n) is 1.36. The molecule has 0 heterocycles. The Morgan fingerprint density at radius 3 is 2.46 bits per heavy atom. The van der Waals surface area contributed by atoms with E-state index in [1.165, 1.54) is 6.92 Å². The van der Waals surface area contributed by atoms with Gasteiger partial charge in [0.1, 0.15) is 0 Å². The number of hydrogen-bond acceptors (Lipinski definition) is 3. The molecular weight excluding hydrogens is 186 g/mol. The Morgan fingerprint density at radius 1 is 1.38 bits per heavy atom. The number of hydrogen-bond donors (Lipinski definition) is 1. The lowest BCUT2D eigenvalue weighted by atomic mass is 10.3. The van der Waals surface area contributed by atoms with Crippen LogP contribution in [0.1, 0.15) is 6.92 Å². The maximum absolute atomic E-state index is 10.7. The van der Waals surface area contributed by atoms with Gasteiger partial charge in [-0.25, -0.2) is 0 Å². The summed E-state index contributed by atoms with van der Waals surface area (Å²) in [5.41, 5.74) is 1.51. The molecule has 1 aromatic rings. The number of benzene rings is 1. The zero-order chi connectivity index (χ0) is 9.68. The van der Waals surface area contributed by atoms with Crippen LogP contribution in [0, 0.1) is 0 Å². The van der Waals surface area contributed by atoms with E-state index in [0.717, 1.165) is 28.0 Å². The van der Waals surface area contributed by atoms with Gasteiger partial charge in [-0.05, 0) is 24.3 Å². The van der Waals surface area contributed by atoms with Gasteiger partial charge in [0.2, 0.25) is 5.91 Å². The van der Waals surface area contributed by atoms with Gasteiger partial charge in [-0.2, -0.15) is 0 Å². The van der Waals surface area contributed by atoms with Gasteiger partial charge in [0.25, 0.3) is 0 Å². The molecule has 1 amide bonds. The summed E-state index contributed by atoms with van der Waals surface area (Å²) in [5, 5.41) is 2.64. The van der Waals surface area contributed by atoms with Crippen molar-refractivity contribution in [2.24, 2.45) is 0 Å². The molecule has 0 atom stereocenters. The third kappa shape index (κ3) is 3.29. The zero-order valence-electron chi connectivity index (χ0n) is 7.11. The molecule has 0 aliphatic rings. The topological polar surface area (TPSA) is 46.2 Å². The lowest BCUT2D eigenvalue weighted by Crippen LogP contribution is -2.05. The van der Waals surface area contributed by atoms with E-state index in [9.17, 15) is 9.59 Å². The van der Waals surface area contributed by atoms with Crippen LogP contribution in [0.3, 0.4) is 0 Å². The molecule has 13 heavy (non-hydrogen) atoms. The standard InChI is InChI=1S/C9H9NO2S/c1-7(12)10-8-2-4-9(5-3-8)13-6-11/h2-6H,1H3,(H,10,12). The maximum Gasteiger partial charge on any atom is 0.221 e. The molecular formula is C9H9NO2S. The molecule has 0 aliphatic carbocycles. The Bertz CT molecular complexity index is 308. The summed E-state index contributed by atoms with van der Waals surface area (Å²) >= 11 is 1.11. The highest BCUT2D eigenvalue weighted by Gasteiger charge is 1.95. The second-order valence-electron chi connectivity index (χ2n) is 2.42. The van der Waals surface area contributed by atoms with Gasteiger partial charge in [-0.3, -0.25) is 9.59 Å². The Kier molecular flexibility index (Phi) is 3.52. The average Bonchev–Trinajstić information content (AvgIpc) is 2.08. The molecule has 0 saturated carbocycles. The van der Waals surface area contributed by atoms with Crippen molar-refractivity contribution in [1.29, 1.82) is 0 Å². The largest absolute Gasteiger partial charge is 0.326 e. The van der Waals surface area contributed by atoms with Crippen molar-refractivity contribution < 1.29 is 9.59 Å². The molecule has 3 nitrogen and oxygen atoms in total. The molecule has 0 bridgehead atoms. The van der Waals surface area contributed by atoms with Gasteiger partial charge >= 0.3 is 0 Å². The van der Waals surface area contributed by atoms with Crippen LogP contribution in [0.4, 0.5) is 5.69 Å². The fourth-order valence-corrected chi connectivity index (χ4v) is 1.28. The van der Waals surface area contributed by atoms with Crippen molar-refractivity contribution in [3.63, 3.8) is 0 Å². The van der Waals surface area contributed by atoms with Crippen molar-refractivity contribution in [2.75, 3.05) is 5.32 Å². The van der Waals surface area contributed by atoms with Crippen LogP contribution in [-0.2, 0) is 9.59 Å². The summed E-state index contributed by atoms with van der Waals surface area (Å²) in [7, 11) is 0. The Labute approximate surface area is 80.5 Å².